The van der Waals surface area contributed by atoms with Gasteiger partial charge in [0.05, 0.1) is 39.9 Å². The van der Waals surface area contributed by atoms with E-state index in [-0.39, 0.29) is 19.1 Å². The fourth-order valence-corrected chi connectivity index (χ4v) is 11.9. The second kappa shape index (κ2) is 60.1. The quantitative estimate of drug-likeness (QED) is 0.0357. The van der Waals surface area contributed by atoms with Crippen LogP contribution in [0.3, 0.4) is 0 Å². The van der Waals surface area contributed by atoms with Crippen molar-refractivity contribution in [3.63, 3.8) is 0 Å². The number of phosphoric ester groups is 1. The zero-order valence-corrected chi connectivity index (χ0v) is 53.9. The van der Waals surface area contributed by atoms with E-state index in [4.69, 9.17) is 9.05 Å². The van der Waals surface area contributed by atoms with Crippen LogP contribution >= 0.6 is 7.82 Å². The number of rotatable bonds is 66. The van der Waals surface area contributed by atoms with E-state index in [0.29, 0.717) is 23.9 Å². The normalized spacial score (nSPS) is 13.6. The predicted molar refractivity (Wildman–Crippen MR) is 335 cm³/mol. The highest BCUT2D eigenvalue weighted by Gasteiger charge is 2.24. The Hall–Kier alpha value is -0.500. The van der Waals surface area contributed by atoms with E-state index in [1.807, 2.05) is 21.1 Å². The van der Waals surface area contributed by atoms with Gasteiger partial charge < -0.3 is 28.8 Å². The van der Waals surface area contributed by atoms with Crippen LogP contribution in [0.4, 0.5) is 0 Å². The molecular weight excluding hydrogens is 972 g/mol. The highest BCUT2D eigenvalue weighted by atomic mass is 31.2. The minimum atomic E-state index is -4.57. The lowest BCUT2D eigenvalue weighted by Crippen LogP contribution is -2.46. The molecule has 0 saturated heterocycles. The standard InChI is InChI=1S/C68H139N2O6P/c1-6-8-10-12-14-16-18-20-22-24-26-27-28-29-30-31-32-33-34-35-36-37-38-39-40-41-42-44-46-48-50-52-54-56-58-60-62-68(72)69-66(65-76-77(73,74)75-64-63-70(3,4)5)67(71)61-59-57-55-53-51-49-47-45-43-25-23-21-19-17-15-13-11-9-7-2/h66-67,71H,6-65H2,1-5H3,(H-,69,72,73,74). The number of carbonyl (C=O) groups is 1. The Morgan fingerprint density at radius 3 is 0.883 bits per heavy atom. The van der Waals surface area contributed by atoms with E-state index in [1.165, 1.54) is 315 Å². The lowest BCUT2D eigenvalue weighted by Gasteiger charge is -2.30. The van der Waals surface area contributed by atoms with Crippen LogP contribution in [0, 0.1) is 0 Å². The van der Waals surface area contributed by atoms with Gasteiger partial charge in [-0.3, -0.25) is 9.36 Å². The molecular formula is C68H139N2O6P. The Balaban J connectivity index is 3.90. The number of quaternary nitrogens is 1. The topological polar surface area (TPSA) is 108 Å². The molecule has 0 radical (unpaired) electrons. The number of nitrogens with zero attached hydrogens (tertiary/aromatic N) is 1. The van der Waals surface area contributed by atoms with Crippen molar-refractivity contribution in [1.82, 2.24) is 5.32 Å². The van der Waals surface area contributed by atoms with Crippen LogP contribution < -0.4 is 10.2 Å². The van der Waals surface area contributed by atoms with E-state index < -0.39 is 20.0 Å². The van der Waals surface area contributed by atoms with Gasteiger partial charge in [-0.2, -0.15) is 0 Å². The van der Waals surface area contributed by atoms with Gasteiger partial charge in [0.25, 0.3) is 7.82 Å². The van der Waals surface area contributed by atoms with Crippen molar-refractivity contribution in [3.8, 4) is 0 Å². The van der Waals surface area contributed by atoms with Gasteiger partial charge in [-0.1, -0.05) is 361 Å². The monoisotopic (exact) mass is 1110 g/mol. The summed E-state index contributed by atoms with van der Waals surface area (Å²) in [5.41, 5.74) is 0. The van der Waals surface area contributed by atoms with Crippen molar-refractivity contribution in [2.45, 2.75) is 392 Å². The third-order valence-electron chi connectivity index (χ3n) is 16.6. The first-order valence-corrected chi connectivity index (χ1v) is 36.3. The predicted octanol–water partition coefficient (Wildman–Crippen LogP) is 21.3. The van der Waals surface area contributed by atoms with Crippen LogP contribution in [0.25, 0.3) is 0 Å². The van der Waals surface area contributed by atoms with Gasteiger partial charge in [0.15, 0.2) is 0 Å². The van der Waals surface area contributed by atoms with Gasteiger partial charge in [0.1, 0.15) is 13.2 Å². The minimum Gasteiger partial charge on any atom is -0.756 e. The second-order valence-corrected chi connectivity index (χ2v) is 27.0. The molecule has 0 fully saturated rings. The van der Waals surface area contributed by atoms with E-state index in [0.717, 1.165) is 38.5 Å². The van der Waals surface area contributed by atoms with Gasteiger partial charge in [-0.15, -0.1) is 0 Å². The summed E-state index contributed by atoms with van der Waals surface area (Å²) in [4.78, 5) is 25.6. The number of carbonyl (C=O) groups excluding carboxylic acids is 1. The SMILES string of the molecule is CCCCCCCCCCCCCCCCCCCCCCCCCCCCCCCCCCCCCCC(=O)NC(COP(=O)([O-])OCC[N+](C)(C)C)C(O)CCCCCCCCCCCCCCCCCCCCC. The average Bonchev–Trinajstić information content (AvgIpc) is 3.39. The molecule has 0 aromatic rings. The highest BCUT2D eigenvalue weighted by molar-refractivity contribution is 7.45. The molecule has 0 bridgehead atoms. The third kappa shape index (κ3) is 62.9. The van der Waals surface area contributed by atoms with Gasteiger partial charge in [-0.05, 0) is 12.8 Å². The molecule has 8 nitrogen and oxygen atoms in total. The van der Waals surface area contributed by atoms with Gasteiger partial charge in [0, 0.05) is 6.42 Å². The summed E-state index contributed by atoms with van der Waals surface area (Å²) in [6.07, 6.45) is 74.8. The molecule has 0 spiro atoms. The number of nitrogens with one attached hydrogen (secondary N) is 1. The third-order valence-corrected chi connectivity index (χ3v) is 17.6. The number of phosphoric acid groups is 1. The molecule has 0 aromatic carbocycles. The number of hydrogen-bond donors (Lipinski definition) is 2. The smallest absolute Gasteiger partial charge is 0.268 e. The van der Waals surface area contributed by atoms with E-state index in [9.17, 15) is 19.4 Å². The molecule has 9 heteroatoms. The average molecular weight is 1110 g/mol. The van der Waals surface area contributed by atoms with Crippen LogP contribution in [-0.2, 0) is 18.4 Å². The lowest BCUT2D eigenvalue weighted by atomic mass is 10.0. The first-order chi connectivity index (χ1) is 37.5. The van der Waals surface area contributed by atoms with Crippen molar-refractivity contribution in [2.24, 2.45) is 0 Å². The van der Waals surface area contributed by atoms with Crippen molar-refractivity contribution in [2.75, 3.05) is 40.9 Å². The van der Waals surface area contributed by atoms with Gasteiger partial charge in [-0.25, -0.2) is 0 Å². The molecule has 0 heterocycles. The van der Waals surface area contributed by atoms with Gasteiger partial charge >= 0.3 is 0 Å². The summed E-state index contributed by atoms with van der Waals surface area (Å²) < 4.78 is 23.5. The molecule has 3 unspecified atom stereocenters. The highest BCUT2D eigenvalue weighted by Crippen LogP contribution is 2.38. The maximum absolute atomic E-state index is 13.0. The summed E-state index contributed by atoms with van der Waals surface area (Å²) in [7, 11) is 1.33. The fraction of sp³-hybridized carbons (Fsp3) is 0.985. The molecule has 0 aromatic heterocycles. The van der Waals surface area contributed by atoms with Crippen LogP contribution in [-0.4, -0.2) is 68.5 Å². The first kappa shape index (κ1) is 76.5. The van der Waals surface area contributed by atoms with Crippen LogP contribution in [0.1, 0.15) is 380 Å². The molecule has 1 amide bonds. The molecule has 0 aliphatic carbocycles. The zero-order valence-electron chi connectivity index (χ0n) is 53.0. The van der Waals surface area contributed by atoms with Gasteiger partial charge in [0.2, 0.25) is 5.91 Å². The lowest BCUT2D eigenvalue weighted by molar-refractivity contribution is -0.870. The Bertz CT molecular complexity index is 1220. The molecule has 2 N–H and O–H groups in total. The summed E-state index contributed by atoms with van der Waals surface area (Å²) in [6.45, 7) is 4.79. The van der Waals surface area contributed by atoms with E-state index in [2.05, 4.69) is 19.2 Å². The minimum absolute atomic E-state index is 0.0168. The number of aliphatic hydroxyl groups is 1. The van der Waals surface area contributed by atoms with Crippen LogP contribution in [0.5, 0.6) is 0 Å². The Morgan fingerprint density at radius 1 is 0.403 bits per heavy atom. The number of aliphatic hydroxyl groups excluding tert-OH is 1. The molecule has 3 atom stereocenters. The van der Waals surface area contributed by atoms with E-state index in [1.54, 1.807) is 0 Å². The van der Waals surface area contributed by atoms with Crippen molar-refractivity contribution in [1.29, 1.82) is 0 Å². The number of unbranched alkanes of at least 4 members (excludes halogenated alkanes) is 53. The van der Waals surface area contributed by atoms with Crippen molar-refractivity contribution in [3.05, 3.63) is 0 Å². The number of likely N-dealkylation sites (N-methyl/N-ethyl adjacent to an activating group) is 1. The molecule has 0 aliphatic rings. The molecule has 0 saturated carbocycles. The number of hydrogen-bond acceptors (Lipinski definition) is 6. The van der Waals surface area contributed by atoms with Crippen LogP contribution in [0.15, 0.2) is 0 Å². The largest absolute Gasteiger partial charge is 0.756 e. The molecule has 462 valence electrons. The Labute approximate surface area is 482 Å². The summed E-state index contributed by atoms with van der Waals surface area (Å²) in [5.74, 6) is -0.154. The molecule has 77 heavy (non-hydrogen) atoms. The first-order valence-electron chi connectivity index (χ1n) is 34.9. The van der Waals surface area contributed by atoms with Crippen LogP contribution in [0.2, 0.25) is 0 Å². The van der Waals surface area contributed by atoms with E-state index >= 15 is 0 Å². The fourth-order valence-electron chi connectivity index (χ4n) is 11.2. The Kier molecular flexibility index (Phi) is 59.7. The summed E-state index contributed by atoms with van der Waals surface area (Å²) in [6, 6.07) is -0.796. The maximum atomic E-state index is 13.0. The molecule has 0 aliphatic heterocycles. The maximum Gasteiger partial charge on any atom is 0.268 e. The molecule has 0 rings (SSSR count). The summed E-state index contributed by atoms with van der Waals surface area (Å²) in [5, 5.41) is 14.1. The zero-order chi connectivity index (χ0) is 56.3. The number of amides is 1. The van der Waals surface area contributed by atoms with Crippen molar-refractivity contribution < 1.29 is 32.9 Å². The Morgan fingerprint density at radius 2 is 0.636 bits per heavy atom. The second-order valence-electron chi connectivity index (χ2n) is 25.6. The van der Waals surface area contributed by atoms with Crippen molar-refractivity contribution >= 4 is 13.7 Å². The summed E-state index contributed by atoms with van der Waals surface area (Å²) >= 11 is 0.